The number of amides is 1. The quantitative estimate of drug-likeness (QED) is 0.248. The molecule has 40 heavy (non-hydrogen) atoms. The van der Waals surface area contributed by atoms with Gasteiger partial charge < -0.3 is 19.2 Å². The third-order valence-corrected chi connectivity index (χ3v) is 7.25. The Bertz CT molecular complexity index is 1450. The Morgan fingerprint density at radius 2 is 1.90 bits per heavy atom. The number of Topliss-reactive ketones (excluding diaryl/α,β-unsaturated/α-hetero) is 1. The van der Waals surface area contributed by atoms with Gasteiger partial charge in [0.25, 0.3) is 5.56 Å². The second kappa shape index (κ2) is 13.0. The largest absolute Gasteiger partial charge is 0.480 e. The van der Waals surface area contributed by atoms with Gasteiger partial charge >= 0.3 is 0 Å². The highest BCUT2D eigenvalue weighted by atomic mass is 35.5. The summed E-state index contributed by atoms with van der Waals surface area (Å²) in [6, 6.07) is 12.5. The minimum absolute atomic E-state index is 0.0602. The normalized spacial score (nSPS) is 16.1. The SMILES string of the molecule is CCOCC1CCN(c2ccc(CC(C=O)n3nc(OC)c(-c4cc(Cl)ccc4C(C)=O)cc3=O)cc2)C(=O)C1. The number of hydrogen-bond acceptors (Lipinski definition) is 7. The van der Waals surface area contributed by atoms with Gasteiger partial charge in [-0.15, -0.1) is 5.10 Å². The van der Waals surface area contributed by atoms with E-state index in [1.54, 1.807) is 23.1 Å². The molecule has 9 nitrogen and oxygen atoms in total. The molecule has 2 aromatic carbocycles. The molecule has 210 valence electrons. The minimum Gasteiger partial charge on any atom is -0.480 e. The lowest BCUT2D eigenvalue weighted by atomic mass is 9.96. The Labute approximate surface area is 237 Å². The zero-order valence-electron chi connectivity index (χ0n) is 22.8. The fourth-order valence-electron chi connectivity index (χ4n) is 4.92. The van der Waals surface area contributed by atoms with E-state index < -0.39 is 11.6 Å². The summed E-state index contributed by atoms with van der Waals surface area (Å²) in [6.45, 7) is 5.22. The second-order valence-corrected chi connectivity index (χ2v) is 10.2. The monoisotopic (exact) mass is 565 g/mol. The lowest BCUT2D eigenvalue weighted by Crippen LogP contribution is -2.40. The van der Waals surface area contributed by atoms with Gasteiger partial charge in [0.2, 0.25) is 11.8 Å². The van der Waals surface area contributed by atoms with E-state index in [9.17, 15) is 19.2 Å². The second-order valence-electron chi connectivity index (χ2n) is 9.73. The first-order chi connectivity index (χ1) is 19.2. The molecule has 2 unspecified atom stereocenters. The van der Waals surface area contributed by atoms with Crippen LogP contribution in [0.1, 0.15) is 48.7 Å². The van der Waals surface area contributed by atoms with Gasteiger partial charge in [0.05, 0.1) is 12.7 Å². The fraction of sp³-hybridized carbons (Fsp3) is 0.367. The molecule has 0 spiro atoms. The van der Waals surface area contributed by atoms with Crippen LogP contribution in [-0.2, 0) is 20.7 Å². The molecule has 0 bridgehead atoms. The average Bonchev–Trinajstić information content (AvgIpc) is 2.95. The molecule has 10 heteroatoms. The summed E-state index contributed by atoms with van der Waals surface area (Å²) in [4.78, 5) is 51.9. The molecular weight excluding hydrogens is 534 g/mol. The van der Waals surface area contributed by atoms with E-state index in [2.05, 4.69) is 5.10 Å². The number of methoxy groups -OCH3 is 1. The van der Waals surface area contributed by atoms with Crippen molar-refractivity contribution >= 4 is 35.3 Å². The van der Waals surface area contributed by atoms with Crippen molar-refractivity contribution in [2.45, 2.75) is 39.2 Å². The van der Waals surface area contributed by atoms with Crippen LogP contribution in [0.3, 0.4) is 0 Å². The number of rotatable bonds is 11. The topological polar surface area (TPSA) is 108 Å². The molecule has 0 radical (unpaired) electrons. The zero-order chi connectivity index (χ0) is 28.8. The Kier molecular flexibility index (Phi) is 9.50. The molecule has 0 aliphatic carbocycles. The summed E-state index contributed by atoms with van der Waals surface area (Å²) < 4.78 is 12.0. The molecule has 2 heterocycles. The number of anilines is 1. The number of carbonyl (C=O) groups is 3. The first-order valence-corrected chi connectivity index (χ1v) is 13.5. The molecule has 1 saturated heterocycles. The van der Waals surface area contributed by atoms with Crippen LogP contribution in [0, 0.1) is 5.92 Å². The van der Waals surface area contributed by atoms with Crippen molar-refractivity contribution in [3.8, 4) is 17.0 Å². The summed E-state index contributed by atoms with van der Waals surface area (Å²) in [7, 11) is 1.40. The van der Waals surface area contributed by atoms with Crippen molar-refractivity contribution in [3.63, 3.8) is 0 Å². The number of piperidine rings is 1. The van der Waals surface area contributed by atoms with Crippen LogP contribution in [0.2, 0.25) is 5.02 Å². The van der Waals surface area contributed by atoms with Gasteiger partial charge in [0.15, 0.2) is 5.78 Å². The van der Waals surface area contributed by atoms with Crippen LogP contribution in [0.5, 0.6) is 5.88 Å². The van der Waals surface area contributed by atoms with Gasteiger partial charge in [-0.2, -0.15) is 0 Å². The van der Waals surface area contributed by atoms with E-state index in [0.29, 0.717) is 54.2 Å². The Morgan fingerprint density at radius 1 is 1.15 bits per heavy atom. The molecule has 1 fully saturated rings. The predicted octanol–water partition coefficient (Wildman–Crippen LogP) is 4.54. The third-order valence-electron chi connectivity index (χ3n) is 7.01. The first kappa shape index (κ1) is 29.2. The Hall–Kier alpha value is -3.82. The number of hydrogen-bond donors (Lipinski definition) is 0. The van der Waals surface area contributed by atoms with Crippen LogP contribution in [-0.4, -0.2) is 54.6 Å². The number of ketones is 1. The fourth-order valence-corrected chi connectivity index (χ4v) is 5.09. The average molecular weight is 566 g/mol. The van der Waals surface area contributed by atoms with E-state index in [1.165, 1.54) is 20.1 Å². The number of halogens is 1. The maximum atomic E-state index is 13.1. The van der Waals surface area contributed by atoms with Gasteiger partial charge in [0, 0.05) is 54.9 Å². The molecule has 0 N–H and O–H groups in total. The molecule has 4 rings (SSSR count). The Balaban J connectivity index is 1.55. The van der Waals surface area contributed by atoms with Gasteiger partial charge in [0.1, 0.15) is 12.3 Å². The molecule has 1 aromatic heterocycles. The first-order valence-electron chi connectivity index (χ1n) is 13.2. The molecule has 2 atom stereocenters. The maximum Gasteiger partial charge on any atom is 0.268 e. The zero-order valence-corrected chi connectivity index (χ0v) is 23.5. The highest BCUT2D eigenvalue weighted by molar-refractivity contribution is 6.31. The summed E-state index contributed by atoms with van der Waals surface area (Å²) in [5.41, 5.74) is 2.15. The van der Waals surface area contributed by atoms with Crippen molar-refractivity contribution < 1.29 is 23.9 Å². The number of benzene rings is 2. The van der Waals surface area contributed by atoms with E-state index in [4.69, 9.17) is 21.1 Å². The predicted molar refractivity (Wildman–Crippen MR) is 152 cm³/mol. The van der Waals surface area contributed by atoms with Crippen LogP contribution < -0.4 is 15.2 Å². The van der Waals surface area contributed by atoms with E-state index >= 15 is 0 Å². The van der Waals surface area contributed by atoms with Crippen molar-refractivity contribution in [3.05, 3.63) is 75.0 Å². The molecular formula is C30H32ClN3O6. The van der Waals surface area contributed by atoms with Crippen molar-refractivity contribution in [1.82, 2.24) is 9.78 Å². The maximum absolute atomic E-state index is 13.1. The molecule has 1 aliphatic heterocycles. The van der Waals surface area contributed by atoms with Gasteiger partial charge in [-0.05, 0) is 67.6 Å². The number of aldehydes is 1. The van der Waals surface area contributed by atoms with Gasteiger partial charge in [-0.25, -0.2) is 4.68 Å². The number of aromatic nitrogens is 2. The highest BCUT2D eigenvalue weighted by Crippen LogP contribution is 2.32. The van der Waals surface area contributed by atoms with Crippen molar-refractivity contribution in [2.75, 3.05) is 31.8 Å². The summed E-state index contributed by atoms with van der Waals surface area (Å²) in [6.07, 6.45) is 2.19. The van der Waals surface area contributed by atoms with Crippen LogP contribution in [0.4, 0.5) is 5.69 Å². The molecule has 3 aromatic rings. The molecule has 0 saturated carbocycles. The smallest absolute Gasteiger partial charge is 0.268 e. The summed E-state index contributed by atoms with van der Waals surface area (Å²) in [5.74, 6) is 0.171. The standard InChI is InChI=1S/C30H32ClN3O6/c1-4-40-18-21-11-12-33(28(37)14-21)23-8-5-20(6-9-23)13-24(17-35)34-29(38)16-27(30(32-34)39-3)26-15-22(31)7-10-25(26)19(2)36/h5-10,15-17,21,24H,4,11-14,18H2,1-3H3. The summed E-state index contributed by atoms with van der Waals surface area (Å²) >= 11 is 6.17. The highest BCUT2D eigenvalue weighted by Gasteiger charge is 2.27. The van der Waals surface area contributed by atoms with E-state index in [-0.39, 0.29) is 29.9 Å². The summed E-state index contributed by atoms with van der Waals surface area (Å²) in [5, 5.41) is 4.71. The van der Waals surface area contributed by atoms with Crippen LogP contribution >= 0.6 is 11.6 Å². The van der Waals surface area contributed by atoms with Crippen molar-refractivity contribution in [1.29, 1.82) is 0 Å². The van der Waals surface area contributed by atoms with E-state index in [0.717, 1.165) is 22.4 Å². The Morgan fingerprint density at radius 3 is 2.52 bits per heavy atom. The lowest BCUT2D eigenvalue weighted by molar-refractivity contribution is -0.121. The van der Waals surface area contributed by atoms with Crippen LogP contribution in [0.25, 0.3) is 11.1 Å². The number of carbonyl (C=O) groups excluding carboxylic acids is 3. The lowest BCUT2D eigenvalue weighted by Gasteiger charge is -2.31. The van der Waals surface area contributed by atoms with Crippen LogP contribution in [0.15, 0.2) is 53.3 Å². The number of nitrogens with zero attached hydrogens (tertiary/aromatic N) is 3. The molecule has 1 aliphatic rings. The van der Waals surface area contributed by atoms with E-state index in [1.807, 2.05) is 31.2 Å². The van der Waals surface area contributed by atoms with Gasteiger partial charge in [-0.3, -0.25) is 14.4 Å². The minimum atomic E-state index is -0.899. The number of ether oxygens (including phenoxy) is 2. The van der Waals surface area contributed by atoms with Crippen molar-refractivity contribution in [2.24, 2.45) is 5.92 Å². The molecule has 1 amide bonds. The third kappa shape index (κ3) is 6.48. The van der Waals surface area contributed by atoms with Gasteiger partial charge in [-0.1, -0.05) is 23.7 Å².